The van der Waals surface area contributed by atoms with E-state index < -0.39 is 0 Å². The molecule has 7 nitrogen and oxygen atoms in total. The lowest BCUT2D eigenvalue weighted by Crippen LogP contribution is -1.96. The van der Waals surface area contributed by atoms with Crippen molar-refractivity contribution in [2.45, 2.75) is 13.8 Å². The predicted molar refractivity (Wildman–Crippen MR) is 116 cm³/mol. The third kappa shape index (κ3) is 4.19. The molecule has 0 fully saturated rings. The first-order chi connectivity index (χ1) is 14.1. The van der Waals surface area contributed by atoms with Gasteiger partial charge in [0.1, 0.15) is 12.1 Å². The molecular weight excluding hydrogens is 364 g/mol. The van der Waals surface area contributed by atoms with Crippen LogP contribution >= 0.6 is 0 Å². The van der Waals surface area contributed by atoms with E-state index in [-0.39, 0.29) is 0 Å². The Kier molecular flexibility index (Phi) is 5.11. The summed E-state index contributed by atoms with van der Waals surface area (Å²) in [5.41, 5.74) is 6.69. The molecule has 7 heteroatoms. The average molecular weight is 386 g/mol. The second-order valence-electron chi connectivity index (χ2n) is 6.67. The maximum absolute atomic E-state index is 5.30. The number of nitrogens with one attached hydrogen (secondary N) is 3. The summed E-state index contributed by atoms with van der Waals surface area (Å²) < 4.78 is 5.30. The fraction of sp³-hybridized carbons (Fsp3) is 0.136. The molecule has 0 unspecified atom stereocenters. The van der Waals surface area contributed by atoms with Crippen LogP contribution in [-0.4, -0.2) is 22.2 Å². The Balaban J connectivity index is 1.47. The molecule has 0 aliphatic rings. The van der Waals surface area contributed by atoms with Crippen LogP contribution < -0.4 is 16.0 Å². The van der Waals surface area contributed by atoms with E-state index in [2.05, 4.69) is 31.1 Å². The van der Waals surface area contributed by atoms with Gasteiger partial charge in [0.2, 0.25) is 5.88 Å². The van der Waals surface area contributed by atoms with E-state index in [0.29, 0.717) is 5.88 Å². The molecule has 3 N–H and O–H groups in total. The zero-order valence-electron chi connectivity index (χ0n) is 16.5. The number of aromatic nitrogens is 3. The summed E-state index contributed by atoms with van der Waals surface area (Å²) in [6, 6.07) is 17.9. The molecule has 0 radical (unpaired) electrons. The summed E-state index contributed by atoms with van der Waals surface area (Å²) in [5, 5.41) is 13.6. The topological polar surface area (TPSA) is 87.9 Å². The molecule has 0 saturated heterocycles. The number of nitrogens with zero attached hydrogens (tertiary/aromatic N) is 3. The predicted octanol–water partition coefficient (Wildman–Crippen LogP) is 5.28. The van der Waals surface area contributed by atoms with E-state index in [0.717, 1.165) is 45.4 Å². The molecule has 0 bridgehead atoms. The minimum atomic E-state index is 0.660. The van der Waals surface area contributed by atoms with E-state index in [1.165, 1.54) is 0 Å². The molecule has 0 atom stereocenters. The summed E-state index contributed by atoms with van der Waals surface area (Å²) in [4.78, 5) is 8.71. The van der Waals surface area contributed by atoms with Crippen LogP contribution in [0.5, 0.6) is 0 Å². The Labute approximate surface area is 169 Å². The molecule has 0 aliphatic carbocycles. The molecule has 2 aromatic heterocycles. The lowest BCUT2D eigenvalue weighted by molar-refractivity contribution is 0.429. The van der Waals surface area contributed by atoms with Gasteiger partial charge in [-0.05, 0) is 50.2 Å². The van der Waals surface area contributed by atoms with Gasteiger partial charge in [-0.25, -0.2) is 9.97 Å². The van der Waals surface area contributed by atoms with Crippen LogP contribution in [0.3, 0.4) is 0 Å². The third-order valence-corrected chi connectivity index (χ3v) is 4.71. The fourth-order valence-electron chi connectivity index (χ4n) is 2.84. The Morgan fingerprint density at radius 3 is 2.07 bits per heavy atom. The number of hydrogen-bond acceptors (Lipinski definition) is 7. The van der Waals surface area contributed by atoms with Crippen molar-refractivity contribution in [3.63, 3.8) is 0 Å². The Morgan fingerprint density at radius 1 is 0.793 bits per heavy atom. The molecule has 2 aromatic carbocycles. The lowest BCUT2D eigenvalue weighted by Gasteiger charge is -2.09. The lowest BCUT2D eigenvalue weighted by atomic mass is 10.1. The van der Waals surface area contributed by atoms with Gasteiger partial charge in [0, 0.05) is 41.3 Å². The van der Waals surface area contributed by atoms with E-state index in [1.54, 1.807) is 6.33 Å². The Bertz CT molecular complexity index is 1100. The second-order valence-corrected chi connectivity index (χ2v) is 6.67. The summed E-state index contributed by atoms with van der Waals surface area (Å²) in [7, 11) is 1.90. The Hall–Kier alpha value is -3.87. The third-order valence-electron chi connectivity index (χ3n) is 4.71. The number of hydrogen-bond donors (Lipinski definition) is 3. The zero-order chi connectivity index (χ0) is 20.2. The van der Waals surface area contributed by atoms with Gasteiger partial charge >= 0.3 is 0 Å². The van der Waals surface area contributed by atoms with Gasteiger partial charge in [-0.1, -0.05) is 17.3 Å². The smallest absolute Gasteiger partial charge is 0.232 e. The maximum Gasteiger partial charge on any atom is 0.232 e. The monoisotopic (exact) mass is 386 g/mol. The van der Waals surface area contributed by atoms with Gasteiger partial charge in [-0.15, -0.1) is 0 Å². The number of aryl methyl sites for hydroxylation is 1. The van der Waals surface area contributed by atoms with Gasteiger partial charge < -0.3 is 20.5 Å². The highest BCUT2D eigenvalue weighted by atomic mass is 16.5. The molecule has 146 valence electrons. The van der Waals surface area contributed by atoms with Crippen molar-refractivity contribution in [3.05, 3.63) is 72.2 Å². The SMILES string of the molecule is CNc1ccc(-c2cc(Nc3ccc(Nc4onc(C)c4C)cc3)ncn2)cc1. The molecule has 4 aromatic rings. The molecule has 29 heavy (non-hydrogen) atoms. The van der Waals surface area contributed by atoms with Crippen molar-refractivity contribution in [3.8, 4) is 11.3 Å². The van der Waals surface area contributed by atoms with Crippen LogP contribution in [0.25, 0.3) is 11.3 Å². The second kappa shape index (κ2) is 8.02. The Morgan fingerprint density at radius 2 is 1.45 bits per heavy atom. The summed E-state index contributed by atoms with van der Waals surface area (Å²) in [5.74, 6) is 1.39. The first kappa shape index (κ1) is 18.5. The molecule has 2 heterocycles. The average Bonchev–Trinajstić information content (AvgIpc) is 3.07. The maximum atomic E-state index is 5.30. The number of benzene rings is 2. The quantitative estimate of drug-likeness (QED) is 0.416. The normalized spacial score (nSPS) is 10.6. The van der Waals surface area contributed by atoms with Gasteiger partial charge in [0.15, 0.2) is 0 Å². The number of anilines is 5. The van der Waals surface area contributed by atoms with Crippen LogP contribution in [0.15, 0.2) is 65.4 Å². The van der Waals surface area contributed by atoms with E-state index in [9.17, 15) is 0 Å². The van der Waals surface area contributed by atoms with Crippen molar-refractivity contribution in [2.75, 3.05) is 23.0 Å². The van der Waals surface area contributed by atoms with Crippen LogP contribution in [0, 0.1) is 13.8 Å². The standard InChI is InChI=1S/C22H22N6O/c1-14-15(2)28-29-22(14)27-19-10-8-18(9-11-19)26-21-12-20(24-13-25-21)16-4-6-17(23-3)7-5-16/h4-13,23,27H,1-3H3,(H,24,25,26). The van der Waals surface area contributed by atoms with Crippen LogP contribution in [0.1, 0.15) is 11.3 Å². The van der Waals surface area contributed by atoms with Crippen molar-refractivity contribution < 1.29 is 4.52 Å². The fourth-order valence-corrected chi connectivity index (χ4v) is 2.84. The van der Waals surface area contributed by atoms with Crippen LogP contribution in [0.2, 0.25) is 0 Å². The van der Waals surface area contributed by atoms with Crippen molar-refractivity contribution in [1.82, 2.24) is 15.1 Å². The highest BCUT2D eigenvalue weighted by molar-refractivity contribution is 5.68. The van der Waals surface area contributed by atoms with Crippen molar-refractivity contribution in [1.29, 1.82) is 0 Å². The number of rotatable bonds is 6. The van der Waals surface area contributed by atoms with Crippen molar-refractivity contribution in [2.24, 2.45) is 0 Å². The van der Waals surface area contributed by atoms with Gasteiger partial charge in [-0.2, -0.15) is 0 Å². The van der Waals surface area contributed by atoms with Gasteiger partial charge in [0.25, 0.3) is 0 Å². The van der Waals surface area contributed by atoms with Gasteiger partial charge in [0.05, 0.1) is 11.4 Å². The van der Waals surface area contributed by atoms with Crippen LogP contribution in [-0.2, 0) is 0 Å². The largest absolute Gasteiger partial charge is 0.388 e. The highest BCUT2D eigenvalue weighted by Crippen LogP contribution is 2.25. The minimum Gasteiger partial charge on any atom is -0.388 e. The first-order valence-corrected chi connectivity index (χ1v) is 9.29. The summed E-state index contributed by atoms with van der Waals surface area (Å²) in [6.45, 7) is 3.89. The molecule has 0 amide bonds. The van der Waals surface area contributed by atoms with Gasteiger partial charge in [-0.3, -0.25) is 0 Å². The molecular formula is C22H22N6O. The summed E-state index contributed by atoms with van der Waals surface area (Å²) in [6.07, 6.45) is 1.56. The molecule has 0 saturated carbocycles. The minimum absolute atomic E-state index is 0.660. The molecule has 0 spiro atoms. The highest BCUT2D eigenvalue weighted by Gasteiger charge is 2.08. The van der Waals surface area contributed by atoms with E-state index in [1.807, 2.05) is 75.5 Å². The van der Waals surface area contributed by atoms with E-state index in [4.69, 9.17) is 4.52 Å². The molecule has 4 rings (SSSR count). The van der Waals surface area contributed by atoms with Crippen molar-refractivity contribution >= 4 is 28.8 Å². The summed E-state index contributed by atoms with van der Waals surface area (Å²) >= 11 is 0. The van der Waals surface area contributed by atoms with E-state index >= 15 is 0 Å². The first-order valence-electron chi connectivity index (χ1n) is 9.29. The zero-order valence-corrected chi connectivity index (χ0v) is 16.5. The van der Waals surface area contributed by atoms with Crippen LogP contribution in [0.4, 0.5) is 28.8 Å². The molecule has 0 aliphatic heterocycles.